The zero-order valence-corrected chi connectivity index (χ0v) is 10.3. The van der Waals surface area contributed by atoms with Crippen LogP contribution in [0.1, 0.15) is 18.0 Å². The van der Waals surface area contributed by atoms with E-state index < -0.39 is 0 Å². The molecule has 2 aromatic rings. The smallest absolute Gasteiger partial charge is 0.249 e. The van der Waals surface area contributed by atoms with E-state index in [9.17, 15) is 4.79 Å². The molecular formula is C12H11ClN4O. The van der Waals surface area contributed by atoms with Crippen LogP contribution in [-0.2, 0) is 11.2 Å². The van der Waals surface area contributed by atoms with Crippen LogP contribution in [-0.4, -0.2) is 20.7 Å². The number of para-hydroxylation sites is 1. The lowest BCUT2D eigenvalue weighted by atomic mass is 10.1. The Morgan fingerprint density at radius 3 is 3.00 bits per heavy atom. The van der Waals surface area contributed by atoms with Crippen LogP contribution in [0.4, 0.5) is 5.69 Å². The number of hydrogen-bond donors (Lipinski definition) is 1. The summed E-state index contributed by atoms with van der Waals surface area (Å²) in [5, 5.41) is 7.07. The van der Waals surface area contributed by atoms with Crippen molar-refractivity contribution in [1.82, 2.24) is 14.8 Å². The molecule has 1 amide bonds. The largest absolute Gasteiger partial charge is 0.324 e. The quantitative estimate of drug-likeness (QED) is 0.856. The molecule has 2 heterocycles. The van der Waals surface area contributed by atoms with Gasteiger partial charge in [0.2, 0.25) is 11.2 Å². The van der Waals surface area contributed by atoms with Gasteiger partial charge in [0.25, 0.3) is 0 Å². The molecule has 1 N–H and O–H groups in total. The molecule has 0 spiro atoms. The third kappa shape index (κ3) is 1.97. The van der Waals surface area contributed by atoms with Crippen LogP contribution in [0.2, 0.25) is 5.28 Å². The average Bonchev–Trinajstić information content (AvgIpc) is 2.70. The fraction of sp³-hybridized carbons (Fsp3) is 0.250. The lowest BCUT2D eigenvalue weighted by Crippen LogP contribution is -2.25. The second kappa shape index (κ2) is 4.42. The molecule has 3 rings (SSSR count). The first-order chi connectivity index (χ1) is 8.74. The zero-order valence-electron chi connectivity index (χ0n) is 9.51. The summed E-state index contributed by atoms with van der Waals surface area (Å²) in [7, 11) is 0. The van der Waals surface area contributed by atoms with Crippen molar-refractivity contribution in [3.8, 4) is 0 Å². The summed E-state index contributed by atoms with van der Waals surface area (Å²) >= 11 is 5.68. The van der Waals surface area contributed by atoms with Gasteiger partial charge in [-0.15, -0.1) is 5.10 Å². The fourth-order valence-corrected chi connectivity index (χ4v) is 2.29. The van der Waals surface area contributed by atoms with Gasteiger partial charge in [0.05, 0.1) is 0 Å². The summed E-state index contributed by atoms with van der Waals surface area (Å²) in [5.74, 6) is -0.0819. The van der Waals surface area contributed by atoms with Crippen LogP contribution < -0.4 is 5.32 Å². The first-order valence-electron chi connectivity index (χ1n) is 5.69. The first kappa shape index (κ1) is 11.2. The number of carbonyl (C=O) groups excluding carboxylic acids is 1. The molecule has 0 radical (unpaired) electrons. The highest BCUT2D eigenvalue weighted by molar-refractivity contribution is 6.28. The molecule has 1 unspecified atom stereocenters. The van der Waals surface area contributed by atoms with Crippen molar-refractivity contribution in [2.24, 2.45) is 0 Å². The van der Waals surface area contributed by atoms with Crippen LogP contribution in [0.3, 0.4) is 0 Å². The number of fused-ring (bicyclic) bond motifs is 1. The Morgan fingerprint density at radius 2 is 2.22 bits per heavy atom. The number of anilines is 1. The summed E-state index contributed by atoms with van der Waals surface area (Å²) in [5.41, 5.74) is 2.01. The van der Waals surface area contributed by atoms with Crippen LogP contribution in [0.15, 0.2) is 30.6 Å². The summed E-state index contributed by atoms with van der Waals surface area (Å²) in [6.45, 7) is 0. The van der Waals surface area contributed by atoms with Gasteiger partial charge in [-0.3, -0.25) is 4.79 Å². The van der Waals surface area contributed by atoms with E-state index in [-0.39, 0.29) is 17.2 Å². The molecule has 0 saturated heterocycles. The average molecular weight is 263 g/mol. The van der Waals surface area contributed by atoms with Crippen molar-refractivity contribution in [3.63, 3.8) is 0 Å². The molecule has 5 nitrogen and oxygen atoms in total. The highest BCUT2D eigenvalue weighted by Gasteiger charge is 2.25. The molecular weight excluding hydrogens is 252 g/mol. The highest BCUT2D eigenvalue weighted by Crippen LogP contribution is 2.26. The predicted molar refractivity (Wildman–Crippen MR) is 67.5 cm³/mol. The zero-order chi connectivity index (χ0) is 12.5. The third-order valence-corrected chi connectivity index (χ3v) is 3.24. The standard InChI is InChI=1S/C12H11ClN4O/c13-12-14-7-17(16-12)10-6-5-8-3-1-2-4-9(8)15-11(10)18/h1-4,7,10H,5-6H2,(H,15,18). The van der Waals surface area contributed by atoms with E-state index in [0.717, 1.165) is 17.7 Å². The van der Waals surface area contributed by atoms with Gasteiger partial charge in [-0.2, -0.15) is 0 Å². The van der Waals surface area contributed by atoms with E-state index in [1.54, 1.807) is 0 Å². The van der Waals surface area contributed by atoms with Gasteiger partial charge in [-0.1, -0.05) is 18.2 Å². The molecule has 18 heavy (non-hydrogen) atoms. The Balaban J connectivity index is 1.91. The van der Waals surface area contributed by atoms with Crippen LogP contribution >= 0.6 is 11.6 Å². The molecule has 1 aliphatic rings. The number of halogens is 1. The van der Waals surface area contributed by atoms with Crippen molar-refractivity contribution in [3.05, 3.63) is 41.4 Å². The number of nitrogens with one attached hydrogen (secondary N) is 1. The van der Waals surface area contributed by atoms with Crippen LogP contribution in [0, 0.1) is 0 Å². The SMILES string of the molecule is O=C1Nc2ccccc2CCC1n1cnc(Cl)n1. The number of aryl methyl sites for hydroxylation is 1. The predicted octanol–water partition coefficient (Wildman–Crippen LogP) is 2.06. The van der Waals surface area contributed by atoms with Gasteiger partial charge in [-0.05, 0) is 36.1 Å². The lowest BCUT2D eigenvalue weighted by molar-refractivity contribution is -0.119. The van der Waals surface area contributed by atoms with Gasteiger partial charge in [0, 0.05) is 5.69 Å². The Labute approximate surface area is 109 Å². The molecule has 6 heteroatoms. The van der Waals surface area contributed by atoms with E-state index in [2.05, 4.69) is 15.4 Å². The Bertz CT molecular complexity index is 595. The molecule has 1 aliphatic heterocycles. The summed E-state index contributed by atoms with van der Waals surface area (Å²) in [4.78, 5) is 16.0. The third-order valence-electron chi connectivity index (χ3n) is 3.06. The van der Waals surface area contributed by atoms with E-state index in [1.807, 2.05) is 24.3 Å². The minimum Gasteiger partial charge on any atom is -0.324 e. The molecule has 1 aromatic heterocycles. The second-order valence-electron chi connectivity index (χ2n) is 4.19. The normalized spacial score (nSPS) is 18.9. The summed E-state index contributed by atoms with van der Waals surface area (Å²) < 4.78 is 1.52. The number of hydrogen-bond acceptors (Lipinski definition) is 3. The lowest BCUT2D eigenvalue weighted by Gasteiger charge is -2.12. The maximum absolute atomic E-state index is 12.1. The van der Waals surface area contributed by atoms with E-state index in [4.69, 9.17) is 11.6 Å². The molecule has 0 saturated carbocycles. The molecule has 1 aromatic carbocycles. The number of carbonyl (C=O) groups is 1. The number of rotatable bonds is 1. The number of nitrogens with zero attached hydrogens (tertiary/aromatic N) is 3. The van der Waals surface area contributed by atoms with Crippen molar-refractivity contribution >= 4 is 23.2 Å². The first-order valence-corrected chi connectivity index (χ1v) is 6.07. The van der Waals surface area contributed by atoms with E-state index in [1.165, 1.54) is 11.0 Å². The number of amides is 1. The Hall–Kier alpha value is -1.88. The van der Waals surface area contributed by atoms with Crippen molar-refractivity contribution in [2.45, 2.75) is 18.9 Å². The summed E-state index contributed by atoms with van der Waals surface area (Å²) in [6.07, 6.45) is 2.99. The van der Waals surface area contributed by atoms with Crippen LogP contribution in [0.5, 0.6) is 0 Å². The topological polar surface area (TPSA) is 59.8 Å². The van der Waals surface area contributed by atoms with E-state index >= 15 is 0 Å². The van der Waals surface area contributed by atoms with Gasteiger partial charge < -0.3 is 5.32 Å². The van der Waals surface area contributed by atoms with Gasteiger partial charge >= 0.3 is 0 Å². The second-order valence-corrected chi connectivity index (χ2v) is 4.53. The number of benzene rings is 1. The van der Waals surface area contributed by atoms with E-state index in [0.29, 0.717) is 6.42 Å². The maximum Gasteiger partial charge on any atom is 0.249 e. The van der Waals surface area contributed by atoms with Crippen molar-refractivity contribution < 1.29 is 4.79 Å². The molecule has 0 bridgehead atoms. The minimum atomic E-state index is -0.364. The minimum absolute atomic E-state index is 0.0819. The molecule has 0 fully saturated rings. The highest BCUT2D eigenvalue weighted by atomic mass is 35.5. The molecule has 0 aliphatic carbocycles. The maximum atomic E-state index is 12.1. The monoisotopic (exact) mass is 262 g/mol. The Kier molecular flexibility index (Phi) is 2.76. The van der Waals surface area contributed by atoms with Gasteiger partial charge in [-0.25, -0.2) is 9.67 Å². The van der Waals surface area contributed by atoms with Crippen LogP contribution in [0.25, 0.3) is 0 Å². The summed E-state index contributed by atoms with van der Waals surface area (Å²) in [6, 6.07) is 7.44. The molecule has 1 atom stereocenters. The van der Waals surface area contributed by atoms with Crippen molar-refractivity contribution in [2.75, 3.05) is 5.32 Å². The van der Waals surface area contributed by atoms with Gasteiger partial charge in [0.15, 0.2) is 0 Å². The Morgan fingerprint density at radius 1 is 1.39 bits per heavy atom. The van der Waals surface area contributed by atoms with Crippen molar-refractivity contribution in [1.29, 1.82) is 0 Å². The molecule has 92 valence electrons. The fourth-order valence-electron chi connectivity index (χ4n) is 2.16. The number of aromatic nitrogens is 3. The van der Waals surface area contributed by atoms with Gasteiger partial charge in [0.1, 0.15) is 12.4 Å².